The number of halogens is 3. The van der Waals surface area contributed by atoms with E-state index < -0.39 is 11.9 Å². The first kappa shape index (κ1) is 14.6. The molecule has 0 bridgehead atoms. The van der Waals surface area contributed by atoms with Crippen molar-refractivity contribution >= 4 is 10.9 Å². The number of alkyl halides is 3. The maximum atomic E-state index is 12.6. The highest BCUT2D eigenvalue weighted by Crippen LogP contribution is 2.33. The Morgan fingerprint density at radius 3 is 2.28 bits per heavy atom. The molecule has 18 heavy (non-hydrogen) atoms. The number of nitrogens with zero attached hydrogens (tertiary/aromatic N) is 1. The van der Waals surface area contributed by atoms with Crippen LogP contribution in [-0.2, 0) is 19.8 Å². The average Bonchev–Trinajstić information content (AvgIpc) is 2.68. The molecule has 0 aliphatic heterocycles. The van der Waals surface area contributed by atoms with E-state index in [1.54, 1.807) is 18.2 Å². The Morgan fingerprint density at radius 2 is 1.78 bits per heavy atom. The van der Waals surface area contributed by atoms with Gasteiger partial charge in [-0.1, -0.05) is 19.9 Å². The van der Waals surface area contributed by atoms with E-state index in [0.29, 0.717) is 17.4 Å². The van der Waals surface area contributed by atoms with E-state index in [4.69, 9.17) is 5.73 Å². The molecule has 0 atom stereocenters. The third-order valence-corrected chi connectivity index (χ3v) is 2.63. The van der Waals surface area contributed by atoms with Crippen molar-refractivity contribution in [1.29, 1.82) is 0 Å². The molecule has 0 saturated heterocycles. The van der Waals surface area contributed by atoms with Gasteiger partial charge in [0.1, 0.15) is 5.69 Å². The summed E-state index contributed by atoms with van der Waals surface area (Å²) < 4.78 is 39.0. The molecule has 0 aliphatic carbocycles. The molecule has 1 aromatic carbocycles. The minimum atomic E-state index is -4.32. The normalized spacial score (nSPS) is 11.3. The van der Waals surface area contributed by atoms with Gasteiger partial charge in [0.15, 0.2) is 0 Å². The van der Waals surface area contributed by atoms with E-state index in [2.05, 4.69) is 0 Å². The van der Waals surface area contributed by atoms with Crippen LogP contribution in [0.5, 0.6) is 0 Å². The van der Waals surface area contributed by atoms with Crippen LogP contribution in [0.4, 0.5) is 13.2 Å². The highest BCUT2D eigenvalue weighted by molar-refractivity contribution is 5.82. The third-order valence-electron chi connectivity index (χ3n) is 2.63. The number of nitrogens with two attached hydrogens (primary N) is 1. The van der Waals surface area contributed by atoms with Crippen molar-refractivity contribution in [2.24, 2.45) is 12.8 Å². The average molecular weight is 258 g/mol. The topological polar surface area (TPSA) is 30.9 Å². The molecule has 1 aromatic heterocycles. The Hall–Kier alpha value is -1.49. The van der Waals surface area contributed by atoms with Crippen LogP contribution in [0.1, 0.15) is 25.1 Å². The lowest BCUT2D eigenvalue weighted by molar-refractivity contribution is -0.142. The molecular weight excluding hydrogens is 241 g/mol. The summed E-state index contributed by atoms with van der Waals surface area (Å²) in [6.07, 6.45) is -4.32. The van der Waals surface area contributed by atoms with Crippen LogP contribution in [0.3, 0.4) is 0 Å². The fourth-order valence-corrected chi connectivity index (χ4v) is 1.80. The summed E-state index contributed by atoms with van der Waals surface area (Å²) in [5.74, 6) is 0. The van der Waals surface area contributed by atoms with E-state index in [0.717, 1.165) is 16.2 Å². The molecule has 0 saturated carbocycles. The number of hydrogen-bond donors (Lipinski definition) is 1. The maximum absolute atomic E-state index is 12.6. The standard InChI is InChI=1S/C11H11F3N2.C2H6/c1-16-9-3-2-7(6-15)4-8(9)5-10(16)11(12,13)14;1-2/h2-5H,6,15H2,1H3;1-2H3. The van der Waals surface area contributed by atoms with Crippen molar-refractivity contribution in [3.05, 3.63) is 35.5 Å². The van der Waals surface area contributed by atoms with E-state index >= 15 is 0 Å². The highest BCUT2D eigenvalue weighted by atomic mass is 19.4. The summed E-state index contributed by atoms with van der Waals surface area (Å²) in [6, 6.07) is 6.23. The minimum Gasteiger partial charge on any atom is -0.340 e. The van der Waals surface area contributed by atoms with Gasteiger partial charge in [0.05, 0.1) is 0 Å². The van der Waals surface area contributed by atoms with Gasteiger partial charge in [-0.05, 0) is 23.8 Å². The molecule has 5 heteroatoms. The molecule has 0 aliphatic rings. The van der Waals surface area contributed by atoms with Crippen LogP contribution in [-0.4, -0.2) is 4.57 Å². The second kappa shape index (κ2) is 5.44. The van der Waals surface area contributed by atoms with Gasteiger partial charge in [0.25, 0.3) is 0 Å². The highest BCUT2D eigenvalue weighted by Gasteiger charge is 2.34. The van der Waals surface area contributed by atoms with Crippen molar-refractivity contribution in [3.63, 3.8) is 0 Å². The monoisotopic (exact) mass is 258 g/mol. The number of aryl methyl sites for hydroxylation is 1. The lowest BCUT2D eigenvalue weighted by atomic mass is 10.1. The van der Waals surface area contributed by atoms with Crippen LogP contribution in [0, 0.1) is 0 Å². The van der Waals surface area contributed by atoms with Gasteiger partial charge in [-0.3, -0.25) is 0 Å². The lowest BCUT2D eigenvalue weighted by Gasteiger charge is -2.07. The number of aromatic nitrogens is 1. The summed E-state index contributed by atoms with van der Waals surface area (Å²) in [6.45, 7) is 4.33. The summed E-state index contributed by atoms with van der Waals surface area (Å²) >= 11 is 0. The van der Waals surface area contributed by atoms with Gasteiger partial charge in [-0.25, -0.2) is 0 Å². The van der Waals surface area contributed by atoms with Crippen molar-refractivity contribution < 1.29 is 13.2 Å². The van der Waals surface area contributed by atoms with E-state index in [1.807, 2.05) is 13.8 Å². The SMILES string of the molecule is CC.Cn1c(C(F)(F)F)cc2cc(CN)ccc21. The number of fused-ring (bicyclic) bond motifs is 1. The summed E-state index contributed by atoms with van der Waals surface area (Å²) in [4.78, 5) is 0. The Labute approximate surface area is 104 Å². The molecule has 0 amide bonds. The van der Waals surface area contributed by atoms with Crippen LogP contribution in [0.2, 0.25) is 0 Å². The van der Waals surface area contributed by atoms with Gasteiger partial charge in [-0.15, -0.1) is 0 Å². The Balaban J connectivity index is 0.000000771. The smallest absolute Gasteiger partial charge is 0.340 e. The largest absolute Gasteiger partial charge is 0.431 e. The zero-order valence-electron chi connectivity index (χ0n) is 10.7. The Morgan fingerprint density at radius 1 is 1.17 bits per heavy atom. The van der Waals surface area contributed by atoms with Gasteiger partial charge >= 0.3 is 6.18 Å². The fourth-order valence-electron chi connectivity index (χ4n) is 1.80. The zero-order valence-corrected chi connectivity index (χ0v) is 10.7. The van der Waals surface area contributed by atoms with E-state index in [9.17, 15) is 13.2 Å². The van der Waals surface area contributed by atoms with Gasteiger partial charge in [0.2, 0.25) is 0 Å². The molecule has 1 heterocycles. The Bertz CT molecular complexity index is 527. The first-order chi connectivity index (χ1) is 8.43. The first-order valence-corrected chi connectivity index (χ1v) is 5.79. The second-order valence-corrected chi connectivity index (χ2v) is 3.68. The summed E-state index contributed by atoms with van der Waals surface area (Å²) in [5, 5.41) is 0.567. The van der Waals surface area contributed by atoms with Crippen molar-refractivity contribution in [2.75, 3.05) is 0 Å². The first-order valence-electron chi connectivity index (χ1n) is 5.79. The predicted octanol–water partition coefficient (Wildman–Crippen LogP) is 3.68. The molecule has 0 fully saturated rings. The summed E-state index contributed by atoms with van der Waals surface area (Å²) in [5.41, 5.74) is 6.19. The van der Waals surface area contributed by atoms with E-state index in [1.165, 1.54) is 7.05 Å². The van der Waals surface area contributed by atoms with Crippen LogP contribution in [0.25, 0.3) is 10.9 Å². The second-order valence-electron chi connectivity index (χ2n) is 3.68. The quantitative estimate of drug-likeness (QED) is 0.831. The minimum absolute atomic E-state index is 0.326. The zero-order chi connectivity index (χ0) is 13.9. The molecule has 2 aromatic rings. The van der Waals surface area contributed by atoms with Crippen molar-refractivity contribution in [3.8, 4) is 0 Å². The Kier molecular flexibility index (Phi) is 4.40. The van der Waals surface area contributed by atoms with Crippen LogP contribution >= 0.6 is 0 Å². The number of hydrogen-bond acceptors (Lipinski definition) is 1. The molecule has 0 unspecified atom stereocenters. The molecule has 2 N–H and O–H groups in total. The van der Waals surface area contributed by atoms with Gasteiger partial charge < -0.3 is 10.3 Å². The van der Waals surface area contributed by atoms with Gasteiger partial charge in [0, 0.05) is 24.5 Å². The van der Waals surface area contributed by atoms with Crippen LogP contribution in [0.15, 0.2) is 24.3 Å². The molecule has 2 nitrogen and oxygen atoms in total. The van der Waals surface area contributed by atoms with Crippen molar-refractivity contribution in [2.45, 2.75) is 26.6 Å². The third kappa shape index (κ3) is 2.67. The predicted molar refractivity (Wildman–Crippen MR) is 67.2 cm³/mol. The number of benzene rings is 1. The molecule has 0 spiro atoms. The van der Waals surface area contributed by atoms with Crippen LogP contribution < -0.4 is 5.73 Å². The molecule has 0 radical (unpaired) electrons. The lowest BCUT2D eigenvalue weighted by Crippen LogP contribution is -2.10. The van der Waals surface area contributed by atoms with E-state index in [-0.39, 0.29) is 0 Å². The summed E-state index contributed by atoms with van der Waals surface area (Å²) in [7, 11) is 1.41. The maximum Gasteiger partial charge on any atom is 0.431 e. The fraction of sp³-hybridized carbons (Fsp3) is 0.385. The van der Waals surface area contributed by atoms with Crippen molar-refractivity contribution in [1.82, 2.24) is 4.57 Å². The molecular formula is C13H17F3N2. The molecule has 2 rings (SSSR count). The molecule has 100 valence electrons. The number of rotatable bonds is 1. The van der Waals surface area contributed by atoms with Gasteiger partial charge in [-0.2, -0.15) is 13.2 Å².